The Labute approximate surface area is 138 Å². The van der Waals surface area contributed by atoms with Gasteiger partial charge in [0.05, 0.1) is 9.99 Å². The van der Waals surface area contributed by atoms with Crippen LogP contribution < -0.4 is 10.6 Å². The van der Waals surface area contributed by atoms with Gasteiger partial charge in [-0.3, -0.25) is 9.78 Å². The summed E-state index contributed by atoms with van der Waals surface area (Å²) in [6.07, 6.45) is 4.53. The first-order valence-corrected chi connectivity index (χ1v) is 8.33. The number of nitrogens with one attached hydrogen (secondary N) is 2. The summed E-state index contributed by atoms with van der Waals surface area (Å²) >= 11 is 3.43. The van der Waals surface area contributed by atoms with Gasteiger partial charge in [0.1, 0.15) is 5.69 Å². The SMILES string of the molecule is CC1CNCCC1CNC(=O)c1ccc2cncc(Br)c2n1. The standard InChI is InChI=1S/C16H19BrN4O/c1-10-6-18-5-4-11(10)8-20-16(22)14-3-2-12-7-19-9-13(17)15(12)21-14/h2-3,7,9-11,18H,4-6,8H2,1H3,(H,20,22). The number of hydrogen-bond donors (Lipinski definition) is 2. The van der Waals surface area contributed by atoms with Gasteiger partial charge in [0, 0.05) is 24.3 Å². The van der Waals surface area contributed by atoms with Gasteiger partial charge in [-0.1, -0.05) is 6.92 Å². The number of piperidine rings is 1. The van der Waals surface area contributed by atoms with Gasteiger partial charge in [0.2, 0.25) is 0 Å². The van der Waals surface area contributed by atoms with Crippen LogP contribution in [0.1, 0.15) is 23.8 Å². The van der Waals surface area contributed by atoms with Crippen LogP contribution in [0.5, 0.6) is 0 Å². The van der Waals surface area contributed by atoms with E-state index in [9.17, 15) is 4.79 Å². The molecule has 2 aromatic heterocycles. The van der Waals surface area contributed by atoms with Gasteiger partial charge < -0.3 is 10.6 Å². The van der Waals surface area contributed by atoms with Crippen LogP contribution in [0.25, 0.3) is 10.9 Å². The number of rotatable bonds is 3. The number of fused-ring (bicyclic) bond motifs is 1. The van der Waals surface area contributed by atoms with Gasteiger partial charge in [0.15, 0.2) is 0 Å². The average Bonchev–Trinajstić information content (AvgIpc) is 2.54. The van der Waals surface area contributed by atoms with Crippen molar-refractivity contribution in [1.29, 1.82) is 0 Å². The number of carbonyl (C=O) groups excluding carboxylic acids is 1. The molecule has 2 aromatic rings. The third-order valence-corrected chi connectivity index (χ3v) is 4.85. The fourth-order valence-electron chi connectivity index (χ4n) is 2.82. The predicted octanol–water partition coefficient (Wildman–Crippen LogP) is 2.37. The summed E-state index contributed by atoms with van der Waals surface area (Å²) < 4.78 is 0.798. The number of amides is 1. The Bertz CT molecular complexity index is 691. The zero-order chi connectivity index (χ0) is 15.5. The molecule has 0 spiro atoms. The van der Waals surface area contributed by atoms with Crippen molar-refractivity contribution in [1.82, 2.24) is 20.6 Å². The summed E-state index contributed by atoms with van der Waals surface area (Å²) in [4.78, 5) is 20.9. The number of aromatic nitrogens is 2. The zero-order valence-electron chi connectivity index (χ0n) is 12.5. The van der Waals surface area contributed by atoms with Crippen molar-refractivity contribution in [3.8, 4) is 0 Å². The maximum atomic E-state index is 12.3. The second-order valence-electron chi connectivity index (χ2n) is 5.83. The minimum absolute atomic E-state index is 0.114. The van der Waals surface area contributed by atoms with Gasteiger partial charge in [-0.15, -0.1) is 0 Å². The largest absolute Gasteiger partial charge is 0.350 e. The first kappa shape index (κ1) is 15.4. The van der Waals surface area contributed by atoms with Crippen LogP contribution in [-0.2, 0) is 0 Å². The van der Waals surface area contributed by atoms with Crippen molar-refractivity contribution < 1.29 is 4.79 Å². The lowest BCUT2D eigenvalue weighted by atomic mass is 9.88. The Morgan fingerprint density at radius 3 is 3.14 bits per heavy atom. The molecule has 2 atom stereocenters. The molecule has 0 saturated carbocycles. The zero-order valence-corrected chi connectivity index (χ0v) is 14.1. The number of halogens is 1. The molecule has 2 unspecified atom stereocenters. The summed E-state index contributed by atoms with van der Waals surface area (Å²) in [7, 11) is 0. The van der Waals surface area contributed by atoms with Crippen molar-refractivity contribution >= 4 is 32.7 Å². The van der Waals surface area contributed by atoms with Crippen LogP contribution in [0.4, 0.5) is 0 Å². The van der Waals surface area contributed by atoms with E-state index in [1.165, 1.54) is 0 Å². The topological polar surface area (TPSA) is 66.9 Å². The molecule has 3 heterocycles. The second-order valence-corrected chi connectivity index (χ2v) is 6.68. The van der Waals surface area contributed by atoms with E-state index in [0.29, 0.717) is 24.1 Å². The summed E-state index contributed by atoms with van der Waals surface area (Å²) in [6, 6.07) is 3.62. The quantitative estimate of drug-likeness (QED) is 0.879. The Morgan fingerprint density at radius 2 is 2.32 bits per heavy atom. The lowest BCUT2D eigenvalue weighted by Crippen LogP contribution is -2.41. The molecular weight excluding hydrogens is 344 g/mol. The maximum absolute atomic E-state index is 12.3. The molecule has 0 bridgehead atoms. The van der Waals surface area contributed by atoms with Crippen LogP contribution in [0, 0.1) is 11.8 Å². The molecule has 1 fully saturated rings. The molecule has 1 aliphatic heterocycles. The van der Waals surface area contributed by atoms with Crippen molar-refractivity contribution in [3.05, 3.63) is 34.7 Å². The molecule has 0 aromatic carbocycles. The highest BCUT2D eigenvalue weighted by Crippen LogP contribution is 2.21. The van der Waals surface area contributed by atoms with E-state index in [2.05, 4.69) is 43.5 Å². The normalized spacial score (nSPS) is 21.7. The Kier molecular flexibility index (Phi) is 4.69. The van der Waals surface area contributed by atoms with Crippen molar-refractivity contribution in [2.75, 3.05) is 19.6 Å². The highest BCUT2D eigenvalue weighted by Gasteiger charge is 2.21. The van der Waals surface area contributed by atoms with Gasteiger partial charge in [-0.25, -0.2) is 4.98 Å². The summed E-state index contributed by atoms with van der Waals surface area (Å²) in [5, 5.41) is 7.31. The first-order chi connectivity index (χ1) is 10.6. The minimum Gasteiger partial charge on any atom is -0.350 e. The van der Waals surface area contributed by atoms with Gasteiger partial charge in [0.25, 0.3) is 5.91 Å². The monoisotopic (exact) mass is 362 g/mol. The van der Waals surface area contributed by atoms with E-state index in [1.807, 2.05) is 6.07 Å². The molecule has 116 valence electrons. The van der Waals surface area contributed by atoms with Crippen molar-refractivity contribution in [2.45, 2.75) is 13.3 Å². The smallest absolute Gasteiger partial charge is 0.269 e. The summed E-state index contributed by atoms with van der Waals surface area (Å²) in [5.41, 5.74) is 1.21. The average molecular weight is 363 g/mol. The van der Waals surface area contributed by atoms with E-state index in [0.717, 1.165) is 34.9 Å². The lowest BCUT2D eigenvalue weighted by Gasteiger charge is -2.29. The first-order valence-electron chi connectivity index (χ1n) is 7.54. The van der Waals surface area contributed by atoms with Crippen LogP contribution in [0.2, 0.25) is 0 Å². The van der Waals surface area contributed by atoms with E-state index in [4.69, 9.17) is 0 Å². The lowest BCUT2D eigenvalue weighted by molar-refractivity contribution is 0.0933. The van der Waals surface area contributed by atoms with E-state index >= 15 is 0 Å². The highest BCUT2D eigenvalue weighted by molar-refractivity contribution is 9.10. The fraction of sp³-hybridized carbons (Fsp3) is 0.438. The van der Waals surface area contributed by atoms with Crippen LogP contribution in [-0.4, -0.2) is 35.5 Å². The molecule has 0 radical (unpaired) electrons. The molecule has 1 aliphatic rings. The van der Waals surface area contributed by atoms with E-state index in [-0.39, 0.29) is 5.91 Å². The highest BCUT2D eigenvalue weighted by atomic mass is 79.9. The molecule has 0 aliphatic carbocycles. The molecule has 22 heavy (non-hydrogen) atoms. The third kappa shape index (κ3) is 3.28. The molecule has 1 amide bonds. The van der Waals surface area contributed by atoms with Crippen LogP contribution >= 0.6 is 15.9 Å². The van der Waals surface area contributed by atoms with Gasteiger partial charge >= 0.3 is 0 Å². The van der Waals surface area contributed by atoms with Crippen molar-refractivity contribution in [3.63, 3.8) is 0 Å². The molecule has 5 nitrogen and oxygen atoms in total. The Morgan fingerprint density at radius 1 is 1.45 bits per heavy atom. The molecular formula is C16H19BrN4O. The van der Waals surface area contributed by atoms with Crippen LogP contribution in [0.15, 0.2) is 29.0 Å². The van der Waals surface area contributed by atoms with E-state index < -0.39 is 0 Å². The summed E-state index contributed by atoms with van der Waals surface area (Å²) in [6.45, 7) is 4.98. The molecule has 3 rings (SSSR count). The van der Waals surface area contributed by atoms with Crippen molar-refractivity contribution in [2.24, 2.45) is 11.8 Å². The molecule has 6 heteroatoms. The Balaban J connectivity index is 1.70. The molecule has 1 saturated heterocycles. The second kappa shape index (κ2) is 6.71. The van der Waals surface area contributed by atoms with Crippen LogP contribution in [0.3, 0.4) is 0 Å². The van der Waals surface area contributed by atoms with Gasteiger partial charge in [-0.2, -0.15) is 0 Å². The number of nitrogens with zero attached hydrogens (tertiary/aromatic N) is 2. The predicted molar refractivity (Wildman–Crippen MR) is 89.7 cm³/mol. The van der Waals surface area contributed by atoms with Gasteiger partial charge in [-0.05, 0) is 59.4 Å². The fourth-order valence-corrected chi connectivity index (χ4v) is 3.26. The Hall–Kier alpha value is -1.53. The minimum atomic E-state index is -0.114. The number of hydrogen-bond acceptors (Lipinski definition) is 4. The maximum Gasteiger partial charge on any atom is 0.269 e. The van der Waals surface area contributed by atoms with E-state index in [1.54, 1.807) is 18.5 Å². The number of carbonyl (C=O) groups is 1. The third-order valence-electron chi connectivity index (χ3n) is 4.27. The molecule has 2 N–H and O–H groups in total. The summed E-state index contributed by atoms with van der Waals surface area (Å²) in [5.74, 6) is 0.997. The number of pyridine rings is 2.